The molecule has 13 aromatic rings. The summed E-state index contributed by atoms with van der Waals surface area (Å²) in [7, 11) is 0. The predicted octanol–water partition coefficient (Wildman–Crippen LogP) is 17.0. The second kappa shape index (κ2) is 15.6. The standard InChI is InChI=1S/C61H37N3OS/c1-3-15-38(16-4-1)43-35-44(39-17-5-2-6-18-39)37-45(36-43)48-24-12-25-50-56-51(26-13-28-53(56)65-58(48)50)60-62-59(42-33-31-41(32-34-42)47-23-11-20-40-19-7-8-21-46(40)47)63-61(64-60)52-27-14-30-55-57(52)49-22-9-10-29-54(49)66-55/h1-37H. The van der Waals surface area contributed by atoms with E-state index < -0.39 is 0 Å². The number of hydrogen-bond donors (Lipinski definition) is 0. The Kier molecular flexibility index (Phi) is 9.00. The zero-order valence-electron chi connectivity index (χ0n) is 35.5. The minimum absolute atomic E-state index is 0.584. The molecule has 0 atom stereocenters. The van der Waals surface area contributed by atoms with Gasteiger partial charge in [-0.1, -0.05) is 188 Å². The van der Waals surface area contributed by atoms with E-state index in [4.69, 9.17) is 19.4 Å². The third-order valence-corrected chi connectivity index (χ3v) is 13.9. The number of aromatic nitrogens is 3. The van der Waals surface area contributed by atoms with Crippen LogP contribution in [0.15, 0.2) is 229 Å². The summed E-state index contributed by atoms with van der Waals surface area (Å²) in [5.41, 5.74) is 13.4. The van der Waals surface area contributed by atoms with Crippen LogP contribution in [0, 0.1) is 0 Å². The van der Waals surface area contributed by atoms with E-state index >= 15 is 0 Å². The molecule has 0 bridgehead atoms. The molecule has 0 saturated carbocycles. The fourth-order valence-corrected chi connectivity index (χ4v) is 10.8. The molecule has 0 spiro atoms. The van der Waals surface area contributed by atoms with Crippen LogP contribution in [0.3, 0.4) is 0 Å². The fraction of sp³-hybridized carbons (Fsp3) is 0. The Morgan fingerprint density at radius 3 is 1.58 bits per heavy atom. The van der Waals surface area contributed by atoms with Gasteiger partial charge in [0.2, 0.25) is 0 Å². The van der Waals surface area contributed by atoms with Crippen molar-refractivity contribution in [1.29, 1.82) is 0 Å². The van der Waals surface area contributed by atoms with Crippen LogP contribution < -0.4 is 0 Å². The van der Waals surface area contributed by atoms with Gasteiger partial charge in [-0.2, -0.15) is 0 Å². The van der Waals surface area contributed by atoms with Crippen LogP contribution in [0.1, 0.15) is 0 Å². The number of furan rings is 1. The Labute approximate surface area is 384 Å². The number of benzene rings is 10. The highest BCUT2D eigenvalue weighted by Gasteiger charge is 2.22. The Hall–Kier alpha value is -8.51. The van der Waals surface area contributed by atoms with Crippen LogP contribution in [-0.4, -0.2) is 15.0 Å². The summed E-state index contributed by atoms with van der Waals surface area (Å²) in [4.78, 5) is 16.0. The SMILES string of the molecule is c1ccc(-c2cc(-c3ccccc3)cc(-c3cccc4c3oc3cccc(-c5nc(-c6ccc(-c7cccc8ccccc78)cc6)nc(-c6cccc7sc8ccccc8c67)n5)c34)c2)cc1. The predicted molar refractivity (Wildman–Crippen MR) is 276 cm³/mol. The number of fused-ring (bicyclic) bond motifs is 7. The first kappa shape index (κ1) is 38.0. The zero-order valence-corrected chi connectivity index (χ0v) is 36.3. The summed E-state index contributed by atoms with van der Waals surface area (Å²) in [6, 6.07) is 79.3. The Morgan fingerprint density at radius 2 is 0.818 bits per heavy atom. The molecule has 10 aromatic carbocycles. The van der Waals surface area contributed by atoms with Gasteiger partial charge in [0.15, 0.2) is 17.5 Å². The molecule has 0 saturated heterocycles. The molecule has 0 aliphatic carbocycles. The van der Waals surface area contributed by atoms with Crippen molar-refractivity contribution in [1.82, 2.24) is 15.0 Å². The second-order valence-corrected chi connectivity index (χ2v) is 17.8. The van der Waals surface area contributed by atoms with Crippen LogP contribution in [0.25, 0.3) is 132 Å². The summed E-state index contributed by atoms with van der Waals surface area (Å²) in [6.45, 7) is 0. The first-order chi connectivity index (χ1) is 32.7. The van der Waals surface area contributed by atoms with Crippen LogP contribution in [-0.2, 0) is 0 Å². The molecule has 0 aliphatic heterocycles. The lowest BCUT2D eigenvalue weighted by molar-refractivity contribution is 0.670. The lowest BCUT2D eigenvalue weighted by atomic mass is 9.92. The van der Waals surface area contributed by atoms with E-state index in [0.29, 0.717) is 17.5 Å². The van der Waals surface area contributed by atoms with Gasteiger partial charge in [0, 0.05) is 53.2 Å². The first-order valence-electron chi connectivity index (χ1n) is 22.2. The third-order valence-electron chi connectivity index (χ3n) is 12.7. The highest BCUT2D eigenvalue weighted by atomic mass is 32.1. The number of hydrogen-bond acceptors (Lipinski definition) is 5. The Balaban J connectivity index is 1.01. The topological polar surface area (TPSA) is 51.8 Å². The maximum absolute atomic E-state index is 6.93. The van der Waals surface area contributed by atoms with E-state index in [-0.39, 0.29) is 0 Å². The molecular formula is C61H37N3OS. The molecule has 5 heteroatoms. The van der Waals surface area contributed by atoms with E-state index in [1.807, 2.05) is 12.1 Å². The fourth-order valence-electron chi connectivity index (χ4n) is 9.62. The summed E-state index contributed by atoms with van der Waals surface area (Å²) in [5.74, 6) is 1.81. The molecule has 0 fully saturated rings. The van der Waals surface area contributed by atoms with Crippen LogP contribution >= 0.6 is 11.3 Å². The van der Waals surface area contributed by atoms with Gasteiger partial charge >= 0.3 is 0 Å². The smallest absolute Gasteiger partial charge is 0.164 e. The average molecular weight is 860 g/mol. The molecule has 3 heterocycles. The minimum atomic E-state index is 0.584. The summed E-state index contributed by atoms with van der Waals surface area (Å²) in [5, 5.41) is 6.74. The molecule has 0 N–H and O–H groups in total. The van der Waals surface area contributed by atoms with Gasteiger partial charge in [-0.3, -0.25) is 0 Å². The van der Waals surface area contributed by atoms with E-state index in [2.05, 4.69) is 212 Å². The highest BCUT2D eigenvalue weighted by Crippen LogP contribution is 2.44. The maximum atomic E-state index is 6.93. The van der Waals surface area contributed by atoms with Crippen molar-refractivity contribution < 1.29 is 4.42 Å². The average Bonchev–Trinajstić information content (AvgIpc) is 3.98. The molecule has 308 valence electrons. The monoisotopic (exact) mass is 859 g/mol. The van der Waals surface area contributed by atoms with Crippen molar-refractivity contribution in [2.24, 2.45) is 0 Å². The summed E-state index contributed by atoms with van der Waals surface area (Å²) in [6.07, 6.45) is 0. The number of para-hydroxylation sites is 1. The van der Waals surface area contributed by atoms with Crippen molar-refractivity contribution in [3.63, 3.8) is 0 Å². The van der Waals surface area contributed by atoms with E-state index in [0.717, 1.165) is 83.0 Å². The van der Waals surface area contributed by atoms with Gasteiger partial charge in [-0.05, 0) is 86.1 Å². The van der Waals surface area contributed by atoms with Crippen molar-refractivity contribution in [3.8, 4) is 78.7 Å². The molecule has 3 aromatic heterocycles. The molecule has 66 heavy (non-hydrogen) atoms. The zero-order chi connectivity index (χ0) is 43.6. The lowest BCUT2D eigenvalue weighted by Crippen LogP contribution is -2.00. The van der Waals surface area contributed by atoms with Crippen LogP contribution in [0.4, 0.5) is 0 Å². The van der Waals surface area contributed by atoms with Gasteiger partial charge in [-0.25, -0.2) is 15.0 Å². The van der Waals surface area contributed by atoms with Gasteiger partial charge in [0.1, 0.15) is 11.2 Å². The number of rotatable bonds is 7. The molecule has 0 unspecified atom stereocenters. The lowest BCUT2D eigenvalue weighted by Gasteiger charge is -2.12. The molecule has 0 aliphatic rings. The third kappa shape index (κ3) is 6.48. The molecule has 0 radical (unpaired) electrons. The molecule has 13 rings (SSSR count). The van der Waals surface area contributed by atoms with E-state index in [1.54, 1.807) is 11.3 Å². The van der Waals surface area contributed by atoms with Crippen molar-refractivity contribution in [3.05, 3.63) is 224 Å². The van der Waals surface area contributed by atoms with Crippen LogP contribution in [0.2, 0.25) is 0 Å². The Bertz CT molecular complexity index is 3920. The van der Waals surface area contributed by atoms with Crippen molar-refractivity contribution in [2.75, 3.05) is 0 Å². The van der Waals surface area contributed by atoms with Crippen molar-refractivity contribution >= 4 is 64.2 Å². The highest BCUT2D eigenvalue weighted by molar-refractivity contribution is 7.25. The normalized spacial score (nSPS) is 11.6. The van der Waals surface area contributed by atoms with Gasteiger partial charge in [-0.15, -0.1) is 11.3 Å². The van der Waals surface area contributed by atoms with Gasteiger partial charge < -0.3 is 4.42 Å². The van der Waals surface area contributed by atoms with E-state index in [1.165, 1.54) is 31.1 Å². The molecule has 0 amide bonds. The first-order valence-corrected chi connectivity index (χ1v) is 23.0. The van der Waals surface area contributed by atoms with Crippen LogP contribution in [0.5, 0.6) is 0 Å². The van der Waals surface area contributed by atoms with Crippen molar-refractivity contribution in [2.45, 2.75) is 0 Å². The number of thiophene rings is 1. The quantitative estimate of drug-likeness (QED) is 0.160. The van der Waals surface area contributed by atoms with E-state index in [9.17, 15) is 0 Å². The van der Waals surface area contributed by atoms with Gasteiger partial charge in [0.25, 0.3) is 0 Å². The minimum Gasteiger partial charge on any atom is -0.455 e. The molecule has 4 nitrogen and oxygen atoms in total. The maximum Gasteiger partial charge on any atom is 0.164 e. The molecular weight excluding hydrogens is 823 g/mol. The second-order valence-electron chi connectivity index (χ2n) is 16.7. The van der Waals surface area contributed by atoms with Gasteiger partial charge in [0.05, 0.1) is 0 Å². The summed E-state index contributed by atoms with van der Waals surface area (Å²) < 4.78 is 9.36. The largest absolute Gasteiger partial charge is 0.455 e. The number of nitrogens with zero attached hydrogens (tertiary/aromatic N) is 3. The Morgan fingerprint density at radius 1 is 0.303 bits per heavy atom. The summed E-state index contributed by atoms with van der Waals surface area (Å²) >= 11 is 1.79.